The third-order valence-corrected chi connectivity index (χ3v) is 6.69. The van der Waals surface area contributed by atoms with Crippen molar-refractivity contribution in [1.29, 1.82) is 0 Å². The van der Waals surface area contributed by atoms with Crippen LogP contribution in [0.2, 0.25) is 0 Å². The van der Waals surface area contributed by atoms with Crippen molar-refractivity contribution in [3.63, 3.8) is 0 Å². The SMILES string of the molecule is CC(C)COC(=O)c1c2c(nn1-c1ccccc1O[C@H]1CCN(C(=O)OC(C)(C)C)C1)CCC(C)(C)C2. The van der Waals surface area contributed by atoms with Gasteiger partial charge in [0.2, 0.25) is 0 Å². The van der Waals surface area contributed by atoms with Crippen LogP contribution in [0.4, 0.5) is 4.79 Å². The summed E-state index contributed by atoms with van der Waals surface area (Å²) in [4.78, 5) is 27.6. The van der Waals surface area contributed by atoms with E-state index in [1.807, 2.05) is 58.9 Å². The second-order valence-corrected chi connectivity index (χ2v) is 12.4. The van der Waals surface area contributed by atoms with Crippen LogP contribution in [0.3, 0.4) is 0 Å². The maximum absolute atomic E-state index is 13.4. The van der Waals surface area contributed by atoms with E-state index in [0.717, 1.165) is 30.5 Å². The van der Waals surface area contributed by atoms with Gasteiger partial charge in [0, 0.05) is 18.5 Å². The van der Waals surface area contributed by atoms with E-state index in [1.54, 1.807) is 9.58 Å². The summed E-state index contributed by atoms with van der Waals surface area (Å²) in [6.07, 6.45) is 2.78. The molecular formula is C29H41N3O5. The molecule has 0 N–H and O–H groups in total. The Kier molecular flexibility index (Phi) is 7.58. The summed E-state index contributed by atoms with van der Waals surface area (Å²) < 4.78 is 19.4. The number of benzene rings is 1. The van der Waals surface area contributed by atoms with Gasteiger partial charge in [0.05, 0.1) is 18.8 Å². The number of nitrogens with zero attached hydrogens (tertiary/aromatic N) is 3. The van der Waals surface area contributed by atoms with Crippen molar-refractivity contribution in [3.8, 4) is 11.4 Å². The minimum Gasteiger partial charge on any atom is -0.486 e. The minimum atomic E-state index is -0.545. The summed E-state index contributed by atoms with van der Waals surface area (Å²) in [6, 6.07) is 7.62. The van der Waals surface area contributed by atoms with Crippen LogP contribution in [0.5, 0.6) is 5.75 Å². The van der Waals surface area contributed by atoms with E-state index >= 15 is 0 Å². The van der Waals surface area contributed by atoms with Crippen LogP contribution in [0.25, 0.3) is 5.69 Å². The molecular weight excluding hydrogens is 470 g/mol. The first-order valence-electron chi connectivity index (χ1n) is 13.3. The third kappa shape index (κ3) is 6.46. The quantitative estimate of drug-likeness (QED) is 0.470. The second-order valence-electron chi connectivity index (χ2n) is 12.4. The number of esters is 1. The fourth-order valence-corrected chi connectivity index (χ4v) is 4.83. The fourth-order valence-electron chi connectivity index (χ4n) is 4.83. The zero-order valence-corrected chi connectivity index (χ0v) is 23.3. The van der Waals surface area contributed by atoms with Crippen LogP contribution in [-0.2, 0) is 22.3 Å². The molecule has 0 saturated carbocycles. The molecule has 1 aliphatic heterocycles. The van der Waals surface area contributed by atoms with Gasteiger partial charge in [0.1, 0.15) is 23.1 Å². The zero-order chi connectivity index (χ0) is 27.0. The molecule has 1 atom stereocenters. The van der Waals surface area contributed by atoms with Crippen LogP contribution in [0.1, 0.15) is 83.1 Å². The van der Waals surface area contributed by atoms with Crippen LogP contribution >= 0.6 is 0 Å². The summed E-state index contributed by atoms with van der Waals surface area (Å²) in [7, 11) is 0. The van der Waals surface area contributed by atoms with Crippen molar-refractivity contribution >= 4 is 12.1 Å². The third-order valence-electron chi connectivity index (χ3n) is 6.69. The van der Waals surface area contributed by atoms with Gasteiger partial charge in [-0.25, -0.2) is 14.3 Å². The van der Waals surface area contributed by atoms with Crippen molar-refractivity contribution in [2.75, 3.05) is 19.7 Å². The van der Waals surface area contributed by atoms with Crippen molar-refractivity contribution in [3.05, 3.63) is 41.2 Å². The second kappa shape index (κ2) is 10.4. The Balaban J connectivity index is 1.62. The molecule has 2 aliphatic rings. The molecule has 0 bridgehead atoms. The molecule has 1 fully saturated rings. The summed E-state index contributed by atoms with van der Waals surface area (Å²) in [5.74, 6) is 0.501. The molecule has 37 heavy (non-hydrogen) atoms. The van der Waals surface area contributed by atoms with E-state index in [2.05, 4.69) is 13.8 Å². The van der Waals surface area contributed by atoms with Crippen molar-refractivity contribution in [2.24, 2.45) is 11.3 Å². The smallest absolute Gasteiger partial charge is 0.410 e. The van der Waals surface area contributed by atoms with Gasteiger partial charge in [-0.2, -0.15) is 5.10 Å². The number of aromatic nitrogens is 2. The summed E-state index contributed by atoms with van der Waals surface area (Å²) >= 11 is 0. The molecule has 1 aromatic carbocycles. The lowest BCUT2D eigenvalue weighted by Crippen LogP contribution is -2.36. The van der Waals surface area contributed by atoms with E-state index in [1.165, 1.54) is 0 Å². The number of rotatable bonds is 6. The maximum Gasteiger partial charge on any atom is 0.410 e. The van der Waals surface area contributed by atoms with Crippen molar-refractivity contribution < 1.29 is 23.8 Å². The number of aryl methyl sites for hydroxylation is 1. The number of ether oxygens (including phenoxy) is 3. The number of hydrogen-bond donors (Lipinski definition) is 0. The lowest BCUT2D eigenvalue weighted by molar-refractivity contribution is 0.0275. The lowest BCUT2D eigenvalue weighted by Gasteiger charge is -2.28. The average molecular weight is 512 g/mol. The molecule has 4 rings (SSSR count). The molecule has 202 valence electrons. The lowest BCUT2D eigenvalue weighted by atomic mass is 9.76. The Labute approximate surface area is 220 Å². The predicted octanol–water partition coefficient (Wildman–Crippen LogP) is 5.59. The Bertz CT molecular complexity index is 1140. The van der Waals surface area contributed by atoms with E-state index in [-0.39, 0.29) is 29.5 Å². The van der Waals surface area contributed by atoms with Gasteiger partial charge in [-0.05, 0) is 63.5 Å². The number of likely N-dealkylation sites (tertiary alicyclic amines) is 1. The highest BCUT2D eigenvalue weighted by Crippen LogP contribution is 2.38. The van der Waals surface area contributed by atoms with Crippen molar-refractivity contribution in [1.82, 2.24) is 14.7 Å². The molecule has 2 heterocycles. The molecule has 1 amide bonds. The van der Waals surface area contributed by atoms with Crippen LogP contribution in [0, 0.1) is 11.3 Å². The first-order valence-corrected chi connectivity index (χ1v) is 13.3. The fraction of sp³-hybridized carbons (Fsp3) is 0.621. The standard InChI is InChI=1S/C29H41N3O5/c1-19(2)18-35-26(33)25-21-16-29(6,7)14-12-22(21)30-32(25)23-10-8-9-11-24(23)36-20-13-15-31(17-20)27(34)37-28(3,4)5/h8-11,19-20H,12-18H2,1-7H3/t20-/m0/s1. The van der Waals surface area contributed by atoms with E-state index in [0.29, 0.717) is 43.2 Å². The van der Waals surface area contributed by atoms with Gasteiger partial charge in [-0.3, -0.25) is 0 Å². The topological polar surface area (TPSA) is 82.9 Å². The van der Waals surface area contributed by atoms with E-state index in [4.69, 9.17) is 19.3 Å². The number of fused-ring (bicyclic) bond motifs is 1. The molecule has 1 saturated heterocycles. The van der Waals surface area contributed by atoms with Gasteiger partial charge in [0.25, 0.3) is 0 Å². The van der Waals surface area contributed by atoms with Crippen molar-refractivity contribution in [2.45, 2.75) is 85.9 Å². The number of para-hydroxylation sites is 2. The van der Waals surface area contributed by atoms with Crippen LogP contribution < -0.4 is 4.74 Å². The highest BCUT2D eigenvalue weighted by molar-refractivity contribution is 5.90. The Morgan fingerprint density at radius 1 is 1.19 bits per heavy atom. The Morgan fingerprint density at radius 3 is 2.62 bits per heavy atom. The monoisotopic (exact) mass is 511 g/mol. The van der Waals surface area contributed by atoms with Gasteiger partial charge >= 0.3 is 12.1 Å². The molecule has 8 heteroatoms. The first kappa shape index (κ1) is 27.0. The average Bonchev–Trinajstić information content (AvgIpc) is 3.40. The maximum atomic E-state index is 13.4. The summed E-state index contributed by atoms with van der Waals surface area (Å²) in [6.45, 7) is 15.4. The highest BCUT2D eigenvalue weighted by atomic mass is 16.6. The number of amides is 1. The van der Waals surface area contributed by atoms with E-state index in [9.17, 15) is 9.59 Å². The summed E-state index contributed by atoms with van der Waals surface area (Å²) in [5, 5.41) is 4.90. The summed E-state index contributed by atoms with van der Waals surface area (Å²) in [5.41, 5.74) is 2.64. The number of carbonyl (C=O) groups excluding carboxylic acids is 2. The molecule has 8 nitrogen and oxygen atoms in total. The molecule has 1 aliphatic carbocycles. The van der Waals surface area contributed by atoms with Gasteiger partial charge in [-0.15, -0.1) is 0 Å². The largest absolute Gasteiger partial charge is 0.486 e. The molecule has 1 aromatic heterocycles. The highest BCUT2D eigenvalue weighted by Gasteiger charge is 2.35. The van der Waals surface area contributed by atoms with Crippen LogP contribution in [-0.4, -0.2) is 58.1 Å². The Hall–Kier alpha value is -3.03. The van der Waals surface area contributed by atoms with Gasteiger partial charge in [-0.1, -0.05) is 39.8 Å². The number of hydrogen-bond acceptors (Lipinski definition) is 6. The minimum absolute atomic E-state index is 0.0823. The van der Waals surface area contributed by atoms with E-state index < -0.39 is 5.60 Å². The molecule has 0 unspecified atom stereocenters. The normalized spacial score (nSPS) is 19.0. The Morgan fingerprint density at radius 2 is 1.92 bits per heavy atom. The molecule has 2 aromatic rings. The van der Waals surface area contributed by atoms with Crippen LogP contribution in [0.15, 0.2) is 24.3 Å². The molecule has 0 radical (unpaired) electrons. The van der Waals surface area contributed by atoms with Gasteiger partial charge in [0.15, 0.2) is 5.69 Å². The predicted molar refractivity (Wildman–Crippen MR) is 141 cm³/mol. The number of carbonyl (C=O) groups is 2. The zero-order valence-electron chi connectivity index (χ0n) is 23.3. The first-order chi connectivity index (χ1) is 17.3. The van der Waals surface area contributed by atoms with Gasteiger partial charge < -0.3 is 19.1 Å². The molecule has 0 spiro atoms.